The number of rotatable bonds is 9. The van der Waals surface area contributed by atoms with Gasteiger partial charge >= 0.3 is 0 Å². The lowest BCUT2D eigenvalue weighted by Gasteiger charge is -2.41. The summed E-state index contributed by atoms with van der Waals surface area (Å²) in [5.74, 6) is 1.17. The van der Waals surface area contributed by atoms with E-state index >= 15 is 0 Å². The molecule has 1 fully saturated rings. The van der Waals surface area contributed by atoms with E-state index in [9.17, 15) is 9.59 Å². The first-order chi connectivity index (χ1) is 18.0. The molecule has 2 amide bonds. The molecular formula is C28H31N3O6. The van der Waals surface area contributed by atoms with Crippen LogP contribution in [-0.4, -0.2) is 45.2 Å². The highest BCUT2D eigenvalue weighted by molar-refractivity contribution is 5.98. The highest BCUT2D eigenvalue weighted by Crippen LogP contribution is 2.46. The summed E-state index contributed by atoms with van der Waals surface area (Å²) in [7, 11) is 6.16. The topological polar surface area (TPSA) is 99.2 Å². The van der Waals surface area contributed by atoms with E-state index in [4.69, 9.17) is 18.9 Å². The predicted molar refractivity (Wildman–Crippen MR) is 138 cm³/mol. The molecular weight excluding hydrogens is 474 g/mol. The van der Waals surface area contributed by atoms with Crippen molar-refractivity contribution in [3.05, 3.63) is 72.1 Å². The van der Waals surface area contributed by atoms with Gasteiger partial charge in [-0.05, 0) is 36.2 Å². The summed E-state index contributed by atoms with van der Waals surface area (Å²) in [5, 5.41) is 3.01. The zero-order valence-corrected chi connectivity index (χ0v) is 21.4. The lowest BCUT2D eigenvalue weighted by Crippen LogP contribution is -2.48. The molecule has 0 aliphatic carbocycles. The molecule has 0 spiro atoms. The molecule has 0 saturated carbocycles. The van der Waals surface area contributed by atoms with Gasteiger partial charge in [-0.25, -0.2) is 0 Å². The molecule has 0 unspecified atom stereocenters. The molecule has 9 nitrogen and oxygen atoms in total. The Bertz CT molecular complexity index is 1210. The Morgan fingerprint density at radius 3 is 2.24 bits per heavy atom. The van der Waals surface area contributed by atoms with E-state index < -0.39 is 12.0 Å². The second-order valence-electron chi connectivity index (χ2n) is 8.55. The van der Waals surface area contributed by atoms with Crippen molar-refractivity contribution in [1.82, 2.24) is 10.3 Å². The standard InChI is InChI=1S/C28H31N3O6/c1-34-21-10-8-18(9-11-21)26-22(28(33)30-17-19-7-5-6-14-29-19)12-13-25(32)31(26)20-15-23(35-2)27(37-4)24(16-20)36-3/h5-11,14-16,22,26H,12-13,17H2,1-4H3,(H,30,33)/t22-,26+/m0/s1. The molecule has 2 heterocycles. The maximum absolute atomic E-state index is 13.5. The zero-order chi connectivity index (χ0) is 26.4. The van der Waals surface area contributed by atoms with Crippen molar-refractivity contribution in [2.75, 3.05) is 33.3 Å². The van der Waals surface area contributed by atoms with Crippen LogP contribution < -0.4 is 29.2 Å². The molecule has 0 bridgehead atoms. The second-order valence-corrected chi connectivity index (χ2v) is 8.55. The highest BCUT2D eigenvalue weighted by atomic mass is 16.5. The van der Waals surface area contributed by atoms with E-state index in [0.29, 0.717) is 41.7 Å². The fourth-order valence-electron chi connectivity index (χ4n) is 4.67. The van der Waals surface area contributed by atoms with Crippen molar-refractivity contribution < 1.29 is 28.5 Å². The van der Waals surface area contributed by atoms with Gasteiger partial charge in [0.15, 0.2) is 11.5 Å². The van der Waals surface area contributed by atoms with Crippen molar-refractivity contribution in [3.8, 4) is 23.0 Å². The van der Waals surface area contributed by atoms with E-state index in [2.05, 4.69) is 10.3 Å². The molecule has 4 rings (SSSR count). The van der Waals surface area contributed by atoms with Gasteiger partial charge in [-0.15, -0.1) is 0 Å². The van der Waals surface area contributed by atoms with E-state index in [1.807, 2.05) is 42.5 Å². The smallest absolute Gasteiger partial charge is 0.227 e. The van der Waals surface area contributed by atoms with Crippen LogP contribution in [0.3, 0.4) is 0 Å². The van der Waals surface area contributed by atoms with Crippen LogP contribution in [0.15, 0.2) is 60.8 Å². The van der Waals surface area contributed by atoms with Crippen LogP contribution in [0.5, 0.6) is 23.0 Å². The molecule has 1 saturated heterocycles. The van der Waals surface area contributed by atoms with Crippen LogP contribution in [0.1, 0.15) is 30.1 Å². The third-order valence-electron chi connectivity index (χ3n) is 6.49. The number of hydrogen-bond donors (Lipinski definition) is 1. The number of nitrogens with one attached hydrogen (secondary N) is 1. The lowest BCUT2D eigenvalue weighted by molar-refractivity contribution is -0.129. The number of nitrogens with zero attached hydrogens (tertiary/aromatic N) is 2. The Kier molecular flexibility index (Phi) is 8.12. The molecule has 9 heteroatoms. The summed E-state index contributed by atoms with van der Waals surface area (Å²) in [6, 6.07) is 15.8. The van der Waals surface area contributed by atoms with Crippen LogP contribution >= 0.6 is 0 Å². The first kappa shape index (κ1) is 25.8. The van der Waals surface area contributed by atoms with E-state index in [1.165, 1.54) is 21.3 Å². The fourth-order valence-corrected chi connectivity index (χ4v) is 4.67. The van der Waals surface area contributed by atoms with Crippen LogP contribution in [0.4, 0.5) is 5.69 Å². The average molecular weight is 506 g/mol. The lowest BCUT2D eigenvalue weighted by atomic mass is 9.83. The monoisotopic (exact) mass is 505 g/mol. The fraction of sp³-hybridized carbons (Fsp3) is 0.321. The number of amides is 2. The van der Waals surface area contributed by atoms with Gasteiger partial charge in [-0.3, -0.25) is 14.6 Å². The van der Waals surface area contributed by atoms with Crippen LogP contribution in [0.2, 0.25) is 0 Å². The predicted octanol–water partition coefficient (Wildman–Crippen LogP) is 3.92. The summed E-state index contributed by atoms with van der Waals surface area (Å²) < 4.78 is 21.8. The second kappa shape index (κ2) is 11.6. The van der Waals surface area contributed by atoms with Gasteiger partial charge in [0.25, 0.3) is 0 Å². The molecule has 1 aliphatic heterocycles. The van der Waals surface area contributed by atoms with E-state index in [1.54, 1.807) is 30.3 Å². The molecule has 1 aromatic heterocycles. The molecule has 194 valence electrons. The molecule has 1 aliphatic rings. The molecule has 1 N–H and O–H groups in total. The SMILES string of the molecule is COc1ccc([C@@H]2[C@@H](C(=O)NCc3ccccn3)CCC(=O)N2c2cc(OC)c(OC)c(OC)c2)cc1. The number of benzene rings is 2. The number of carbonyl (C=O) groups is 2. The first-order valence-corrected chi connectivity index (χ1v) is 11.9. The van der Waals surface area contributed by atoms with Crippen LogP contribution in [0.25, 0.3) is 0 Å². The van der Waals surface area contributed by atoms with Crippen LogP contribution in [-0.2, 0) is 16.1 Å². The zero-order valence-electron chi connectivity index (χ0n) is 21.4. The van der Waals surface area contributed by atoms with Crippen molar-refractivity contribution in [2.24, 2.45) is 5.92 Å². The minimum Gasteiger partial charge on any atom is -0.497 e. The third-order valence-corrected chi connectivity index (χ3v) is 6.49. The Morgan fingerprint density at radius 1 is 0.973 bits per heavy atom. The summed E-state index contributed by atoms with van der Waals surface area (Å²) >= 11 is 0. The van der Waals surface area contributed by atoms with Crippen molar-refractivity contribution in [3.63, 3.8) is 0 Å². The van der Waals surface area contributed by atoms with Gasteiger partial charge in [0, 0.05) is 24.8 Å². The maximum atomic E-state index is 13.5. The summed E-state index contributed by atoms with van der Waals surface area (Å²) in [6.45, 7) is 0.295. The Balaban J connectivity index is 1.76. The van der Waals surface area contributed by atoms with Gasteiger partial charge in [0.2, 0.25) is 17.6 Å². The Morgan fingerprint density at radius 2 is 1.68 bits per heavy atom. The molecule has 2 aromatic carbocycles. The Hall–Kier alpha value is -4.27. The normalized spacial score (nSPS) is 17.2. The molecule has 3 aromatic rings. The average Bonchev–Trinajstić information content (AvgIpc) is 2.95. The minimum absolute atomic E-state index is 0.108. The highest BCUT2D eigenvalue weighted by Gasteiger charge is 2.42. The molecule has 2 atom stereocenters. The van der Waals surface area contributed by atoms with Gasteiger partial charge < -0.3 is 29.2 Å². The number of ether oxygens (including phenoxy) is 4. The number of hydrogen-bond acceptors (Lipinski definition) is 7. The summed E-state index contributed by atoms with van der Waals surface area (Å²) in [4.78, 5) is 32.9. The van der Waals surface area contributed by atoms with E-state index in [0.717, 1.165) is 11.3 Å². The summed E-state index contributed by atoms with van der Waals surface area (Å²) in [5.41, 5.74) is 2.10. The van der Waals surface area contributed by atoms with Crippen molar-refractivity contribution in [2.45, 2.75) is 25.4 Å². The first-order valence-electron chi connectivity index (χ1n) is 11.9. The van der Waals surface area contributed by atoms with Gasteiger partial charge in [0.05, 0.1) is 58.3 Å². The molecule has 0 radical (unpaired) electrons. The summed E-state index contributed by atoms with van der Waals surface area (Å²) in [6.07, 6.45) is 2.31. The number of piperidine rings is 1. The molecule has 37 heavy (non-hydrogen) atoms. The maximum Gasteiger partial charge on any atom is 0.227 e. The number of aromatic nitrogens is 1. The largest absolute Gasteiger partial charge is 0.497 e. The quantitative estimate of drug-likeness (QED) is 0.471. The van der Waals surface area contributed by atoms with Gasteiger partial charge in [0.1, 0.15) is 5.75 Å². The number of methoxy groups -OCH3 is 4. The van der Waals surface area contributed by atoms with Crippen molar-refractivity contribution in [1.29, 1.82) is 0 Å². The van der Waals surface area contributed by atoms with Gasteiger partial charge in [-0.2, -0.15) is 0 Å². The minimum atomic E-state index is -0.571. The van der Waals surface area contributed by atoms with Crippen molar-refractivity contribution >= 4 is 17.5 Å². The number of pyridine rings is 1. The number of carbonyl (C=O) groups excluding carboxylic acids is 2. The number of anilines is 1. The van der Waals surface area contributed by atoms with E-state index in [-0.39, 0.29) is 18.2 Å². The third kappa shape index (κ3) is 5.45. The Labute approximate surface area is 216 Å². The van der Waals surface area contributed by atoms with Crippen LogP contribution in [0, 0.1) is 5.92 Å². The van der Waals surface area contributed by atoms with Gasteiger partial charge in [-0.1, -0.05) is 18.2 Å².